The van der Waals surface area contributed by atoms with Crippen molar-refractivity contribution in [3.8, 4) is 0 Å². The van der Waals surface area contributed by atoms with E-state index in [1.807, 2.05) is 6.92 Å². The summed E-state index contributed by atoms with van der Waals surface area (Å²) in [5.41, 5.74) is 0. The second-order valence-corrected chi connectivity index (χ2v) is 4.89. The van der Waals surface area contributed by atoms with Gasteiger partial charge >= 0.3 is 9.28 Å². The molecule has 2 nitrogen and oxygen atoms in total. The highest BCUT2D eigenvalue weighted by molar-refractivity contribution is 6.44. The molecule has 0 fully saturated rings. The molecule has 67 valence electrons. The molecule has 0 N–H and O–H groups in total. The van der Waals surface area contributed by atoms with Crippen molar-refractivity contribution >= 4 is 9.28 Å². The Bertz CT molecular complexity index is 86.2. The zero-order valence-corrected chi connectivity index (χ0v) is 9.02. The number of rotatable bonds is 6. The van der Waals surface area contributed by atoms with Crippen LogP contribution in [0.25, 0.3) is 0 Å². The van der Waals surface area contributed by atoms with Gasteiger partial charge in [0, 0.05) is 13.2 Å². The van der Waals surface area contributed by atoms with Crippen molar-refractivity contribution in [2.75, 3.05) is 13.2 Å². The molecule has 0 heterocycles. The molecule has 0 rings (SSSR count). The Balaban J connectivity index is 3.35. The molecule has 0 aliphatic rings. The quantitative estimate of drug-likeness (QED) is 0.576. The molecule has 0 aliphatic carbocycles. The third kappa shape index (κ3) is 6.53. The third-order valence-electron chi connectivity index (χ3n) is 1.17. The largest absolute Gasteiger partial charge is 0.394 e. The van der Waals surface area contributed by atoms with Crippen molar-refractivity contribution in [2.24, 2.45) is 5.92 Å². The molecule has 0 spiro atoms. The van der Waals surface area contributed by atoms with Crippen LogP contribution in [0, 0.1) is 5.92 Å². The average molecular weight is 175 g/mol. The summed E-state index contributed by atoms with van der Waals surface area (Å²) in [6.07, 6.45) is 0. The van der Waals surface area contributed by atoms with Crippen LogP contribution >= 0.6 is 0 Å². The van der Waals surface area contributed by atoms with Gasteiger partial charge in [0.15, 0.2) is 0 Å². The van der Waals surface area contributed by atoms with Gasteiger partial charge in [-0.05, 0) is 18.9 Å². The Kier molecular flexibility index (Phi) is 6.91. The van der Waals surface area contributed by atoms with Gasteiger partial charge in [-0.25, -0.2) is 0 Å². The van der Waals surface area contributed by atoms with Crippen molar-refractivity contribution in [1.29, 1.82) is 0 Å². The molecule has 0 atom stereocenters. The van der Waals surface area contributed by atoms with Crippen LogP contribution in [0.15, 0.2) is 0 Å². The van der Waals surface area contributed by atoms with Gasteiger partial charge < -0.3 is 8.85 Å². The summed E-state index contributed by atoms with van der Waals surface area (Å²) in [5.74, 6) is 0.613. The van der Waals surface area contributed by atoms with Gasteiger partial charge in [-0.2, -0.15) is 0 Å². The minimum Gasteiger partial charge on any atom is -0.394 e. The van der Waals surface area contributed by atoms with Crippen LogP contribution < -0.4 is 0 Å². The average Bonchev–Trinajstić information content (AvgIpc) is 1.97. The Labute approximate surface area is 71.7 Å². The van der Waals surface area contributed by atoms with Gasteiger partial charge in [0.2, 0.25) is 0 Å². The van der Waals surface area contributed by atoms with Crippen LogP contribution in [0.5, 0.6) is 0 Å². The van der Waals surface area contributed by atoms with Crippen LogP contribution in [0.2, 0.25) is 6.04 Å². The lowest BCUT2D eigenvalue weighted by atomic mass is 10.2. The Hall–Kier alpha value is 0.137. The molecular formula is C8H19O2Si. The predicted molar refractivity (Wildman–Crippen MR) is 48.7 cm³/mol. The summed E-state index contributed by atoms with van der Waals surface area (Å²) in [6, 6.07) is 1.03. The standard InChI is InChI=1S/C8H19O2Si/c1-5-9-11(6-2)10-7-8(3)4/h8H,5-7H2,1-4H3. The van der Waals surface area contributed by atoms with E-state index in [-0.39, 0.29) is 0 Å². The van der Waals surface area contributed by atoms with Crippen LogP contribution in [-0.4, -0.2) is 22.5 Å². The van der Waals surface area contributed by atoms with Gasteiger partial charge in [-0.15, -0.1) is 0 Å². The number of hydrogen-bond donors (Lipinski definition) is 0. The molecule has 0 aliphatic heterocycles. The first-order chi connectivity index (χ1) is 5.20. The van der Waals surface area contributed by atoms with Gasteiger partial charge in [0.1, 0.15) is 0 Å². The topological polar surface area (TPSA) is 18.5 Å². The molecule has 0 unspecified atom stereocenters. The Morgan fingerprint density at radius 1 is 1.18 bits per heavy atom. The first-order valence-corrected chi connectivity index (χ1v) is 5.84. The van der Waals surface area contributed by atoms with Gasteiger partial charge in [0.05, 0.1) is 0 Å². The van der Waals surface area contributed by atoms with Crippen LogP contribution in [0.1, 0.15) is 27.7 Å². The van der Waals surface area contributed by atoms with E-state index in [4.69, 9.17) is 8.85 Å². The molecule has 11 heavy (non-hydrogen) atoms. The molecule has 0 saturated heterocycles. The summed E-state index contributed by atoms with van der Waals surface area (Å²) in [4.78, 5) is 0. The van der Waals surface area contributed by atoms with Crippen molar-refractivity contribution in [2.45, 2.75) is 33.7 Å². The zero-order valence-electron chi connectivity index (χ0n) is 8.02. The highest BCUT2D eigenvalue weighted by Crippen LogP contribution is 2.00. The Morgan fingerprint density at radius 2 is 1.82 bits per heavy atom. The maximum absolute atomic E-state index is 5.57. The number of hydrogen-bond acceptors (Lipinski definition) is 2. The lowest BCUT2D eigenvalue weighted by Gasteiger charge is -2.13. The fraction of sp³-hybridized carbons (Fsp3) is 1.00. The molecule has 3 heteroatoms. The molecule has 0 bridgehead atoms. The SMILES string of the molecule is CCO[Si](CC)OCC(C)C. The molecule has 1 radical (unpaired) electrons. The molecule has 0 aromatic rings. The summed E-state index contributed by atoms with van der Waals surface area (Å²) in [6.45, 7) is 10.0. The van der Waals surface area contributed by atoms with E-state index in [1.165, 1.54) is 0 Å². The molecule has 0 amide bonds. The highest BCUT2D eigenvalue weighted by Gasteiger charge is 2.11. The smallest absolute Gasteiger partial charge is 0.384 e. The van der Waals surface area contributed by atoms with Gasteiger partial charge in [0.25, 0.3) is 0 Å². The first-order valence-electron chi connectivity index (χ1n) is 4.32. The maximum Gasteiger partial charge on any atom is 0.384 e. The van der Waals surface area contributed by atoms with Crippen LogP contribution in [0.3, 0.4) is 0 Å². The van der Waals surface area contributed by atoms with Crippen LogP contribution in [0.4, 0.5) is 0 Å². The zero-order chi connectivity index (χ0) is 8.69. The van der Waals surface area contributed by atoms with E-state index in [1.54, 1.807) is 0 Å². The minimum absolute atomic E-state index is 0.613. The van der Waals surface area contributed by atoms with E-state index >= 15 is 0 Å². The van der Waals surface area contributed by atoms with E-state index in [9.17, 15) is 0 Å². The fourth-order valence-corrected chi connectivity index (χ4v) is 2.00. The summed E-state index contributed by atoms with van der Waals surface area (Å²) in [7, 11) is -0.930. The van der Waals surface area contributed by atoms with Crippen molar-refractivity contribution < 1.29 is 8.85 Å². The van der Waals surface area contributed by atoms with E-state index in [0.29, 0.717) is 5.92 Å². The normalized spacial score (nSPS) is 11.5. The first kappa shape index (κ1) is 11.1. The van der Waals surface area contributed by atoms with E-state index in [0.717, 1.165) is 19.3 Å². The lowest BCUT2D eigenvalue weighted by Crippen LogP contribution is -2.23. The third-order valence-corrected chi connectivity index (χ3v) is 2.85. The van der Waals surface area contributed by atoms with E-state index < -0.39 is 9.28 Å². The summed E-state index contributed by atoms with van der Waals surface area (Å²) in [5, 5.41) is 0. The maximum atomic E-state index is 5.57. The molecule has 0 saturated carbocycles. The van der Waals surface area contributed by atoms with Crippen molar-refractivity contribution in [1.82, 2.24) is 0 Å². The summed E-state index contributed by atoms with van der Waals surface area (Å²) >= 11 is 0. The molecule has 0 aromatic carbocycles. The molecular weight excluding hydrogens is 156 g/mol. The monoisotopic (exact) mass is 175 g/mol. The van der Waals surface area contributed by atoms with Gasteiger partial charge in [-0.1, -0.05) is 20.8 Å². The molecule has 0 aromatic heterocycles. The van der Waals surface area contributed by atoms with Crippen LogP contribution in [-0.2, 0) is 8.85 Å². The lowest BCUT2D eigenvalue weighted by molar-refractivity contribution is 0.185. The second kappa shape index (κ2) is 6.82. The second-order valence-electron chi connectivity index (χ2n) is 2.86. The summed E-state index contributed by atoms with van der Waals surface area (Å²) < 4.78 is 11.0. The predicted octanol–water partition coefficient (Wildman–Crippen LogP) is 2.20. The van der Waals surface area contributed by atoms with Crippen molar-refractivity contribution in [3.05, 3.63) is 0 Å². The Morgan fingerprint density at radius 3 is 2.18 bits per heavy atom. The van der Waals surface area contributed by atoms with Crippen molar-refractivity contribution in [3.63, 3.8) is 0 Å². The highest BCUT2D eigenvalue weighted by atomic mass is 28.3. The van der Waals surface area contributed by atoms with Gasteiger partial charge in [-0.3, -0.25) is 0 Å². The minimum atomic E-state index is -0.930. The van der Waals surface area contributed by atoms with E-state index in [2.05, 4.69) is 20.8 Å². The fourth-order valence-electron chi connectivity index (χ4n) is 0.666.